The largest absolute Gasteiger partial charge is 0.295 e. The van der Waals surface area contributed by atoms with E-state index in [0.717, 1.165) is 24.0 Å². The maximum Gasteiger partial charge on any atom is 0.155 e. The van der Waals surface area contributed by atoms with E-state index < -0.39 is 0 Å². The van der Waals surface area contributed by atoms with Gasteiger partial charge in [0.25, 0.3) is 0 Å². The molecule has 1 heteroatoms. The molecule has 0 N–H and O–H groups in total. The molecule has 0 saturated carbocycles. The minimum Gasteiger partial charge on any atom is -0.295 e. The van der Waals surface area contributed by atoms with Gasteiger partial charge >= 0.3 is 0 Å². The van der Waals surface area contributed by atoms with Crippen LogP contribution in [-0.2, 0) is 4.79 Å². The van der Waals surface area contributed by atoms with Crippen molar-refractivity contribution in [2.45, 2.75) is 40.5 Å². The molecule has 0 bridgehead atoms. The van der Waals surface area contributed by atoms with Gasteiger partial charge in [0.1, 0.15) is 0 Å². The Morgan fingerprint density at radius 1 is 1.20 bits per heavy atom. The highest BCUT2D eigenvalue weighted by Gasteiger charge is 2.02. The van der Waals surface area contributed by atoms with E-state index in [1.54, 1.807) is 6.92 Å². The number of carbonyl (C=O) groups excluding carboxylic acids is 1. The van der Waals surface area contributed by atoms with Gasteiger partial charge in [-0.3, -0.25) is 4.79 Å². The zero-order valence-electron chi connectivity index (χ0n) is 7.32. The minimum atomic E-state index is 0.224. The van der Waals surface area contributed by atoms with E-state index in [1.807, 2.05) is 13.8 Å². The summed E-state index contributed by atoms with van der Waals surface area (Å²) in [5, 5.41) is 0. The molecule has 0 aliphatic heterocycles. The van der Waals surface area contributed by atoms with Crippen molar-refractivity contribution in [1.82, 2.24) is 0 Å². The molecule has 0 unspecified atom stereocenters. The third-order valence-electron chi connectivity index (χ3n) is 1.53. The number of Topliss-reactive ketones (excluding diaryl/α,β-unsaturated/α-hetero) is 1. The van der Waals surface area contributed by atoms with Crippen molar-refractivity contribution in [2.24, 2.45) is 0 Å². The minimum absolute atomic E-state index is 0.224. The zero-order chi connectivity index (χ0) is 8.15. The molecule has 10 heavy (non-hydrogen) atoms. The van der Waals surface area contributed by atoms with Gasteiger partial charge in [-0.15, -0.1) is 0 Å². The lowest BCUT2D eigenvalue weighted by Gasteiger charge is -2.02. The molecule has 0 atom stereocenters. The molecule has 0 aromatic rings. The van der Waals surface area contributed by atoms with Gasteiger partial charge in [0.2, 0.25) is 0 Å². The van der Waals surface area contributed by atoms with Crippen molar-refractivity contribution in [2.75, 3.05) is 0 Å². The van der Waals surface area contributed by atoms with Crippen LogP contribution in [0.25, 0.3) is 0 Å². The fourth-order valence-electron chi connectivity index (χ4n) is 1.03. The molecule has 0 amide bonds. The average Bonchev–Trinajstić information content (AvgIpc) is 1.81. The van der Waals surface area contributed by atoms with E-state index in [9.17, 15) is 4.79 Å². The predicted octanol–water partition coefficient (Wildman–Crippen LogP) is 2.71. The average molecular weight is 140 g/mol. The van der Waals surface area contributed by atoms with Gasteiger partial charge in [-0.2, -0.15) is 0 Å². The summed E-state index contributed by atoms with van der Waals surface area (Å²) in [4.78, 5) is 10.9. The van der Waals surface area contributed by atoms with Crippen LogP contribution in [0.3, 0.4) is 0 Å². The predicted molar refractivity (Wildman–Crippen MR) is 44.0 cm³/mol. The molecule has 0 aliphatic carbocycles. The van der Waals surface area contributed by atoms with E-state index in [0.29, 0.717) is 0 Å². The lowest BCUT2D eigenvalue weighted by atomic mass is 10.0. The van der Waals surface area contributed by atoms with Gasteiger partial charge in [-0.25, -0.2) is 0 Å². The Balaban J connectivity index is 4.28. The van der Waals surface area contributed by atoms with Crippen LogP contribution in [0.1, 0.15) is 40.5 Å². The van der Waals surface area contributed by atoms with Gasteiger partial charge in [-0.05, 0) is 32.8 Å². The molecular formula is C9H16O. The van der Waals surface area contributed by atoms with Crippen LogP contribution in [0, 0.1) is 0 Å². The summed E-state index contributed by atoms with van der Waals surface area (Å²) >= 11 is 0. The summed E-state index contributed by atoms with van der Waals surface area (Å²) in [6.45, 7) is 7.71. The van der Waals surface area contributed by atoms with Gasteiger partial charge in [0, 0.05) is 0 Å². The second-order valence-corrected chi connectivity index (χ2v) is 2.78. The molecule has 0 fully saturated rings. The fourth-order valence-corrected chi connectivity index (χ4v) is 1.03. The topological polar surface area (TPSA) is 17.1 Å². The van der Waals surface area contributed by atoms with Gasteiger partial charge in [0.15, 0.2) is 5.78 Å². The zero-order valence-corrected chi connectivity index (χ0v) is 7.32. The number of carbonyl (C=O) groups is 1. The highest BCUT2D eigenvalue weighted by atomic mass is 16.1. The lowest BCUT2D eigenvalue weighted by molar-refractivity contribution is -0.113. The second kappa shape index (κ2) is 4.26. The van der Waals surface area contributed by atoms with Crippen LogP contribution in [0.15, 0.2) is 11.1 Å². The molecule has 58 valence electrons. The number of ketones is 1. The first-order valence-corrected chi connectivity index (χ1v) is 3.76. The van der Waals surface area contributed by atoms with Crippen LogP contribution < -0.4 is 0 Å². The van der Waals surface area contributed by atoms with Crippen LogP contribution in [0.4, 0.5) is 0 Å². The van der Waals surface area contributed by atoms with E-state index in [4.69, 9.17) is 0 Å². The smallest absolute Gasteiger partial charge is 0.155 e. The third kappa shape index (κ3) is 2.81. The standard InChI is InChI=1S/C9H16O/c1-5-6-9(7(2)3)8(4)10/h5-6H2,1-4H3. The molecule has 0 heterocycles. The molecule has 0 spiro atoms. The van der Waals surface area contributed by atoms with Crippen molar-refractivity contribution in [1.29, 1.82) is 0 Å². The molecule has 0 saturated heterocycles. The molecule has 0 aliphatic rings. The number of hydrogen-bond acceptors (Lipinski definition) is 1. The van der Waals surface area contributed by atoms with Crippen LogP contribution in [0.2, 0.25) is 0 Å². The van der Waals surface area contributed by atoms with Crippen molar-refractivity contribution >= 4 is 5.78 Å². The van der Waals surface area contributed by atoms with Crippen molar-refractivity contribution < 1.29 is 4.79 Å². The molecule has 0 rings (SSSR count). The monoisotopic (exact) mass is 140 g/mol. The Kier molecular flexibility index (Phi) is 4.01. The SMILES string of the molecule is CCCC(C(C)=O)=C(C)C. The van der Waals surface area contributed by atoms with Gasteiger partial charge in [-0.1, -0.05) is 18.9 Å². The van der Waals surface area contributed by atoms with E-state index in [-0.39, 0.29) is 5.78 Å². The van der Waals surface area contributed by atoms with Gasteiger partial charge in [0.05, 0.1) is 0 Å². The van der Waals surface area contributed by atoms with Crippen LogP contribution in [0.5, 0.6) is 0 Å². The normalized spacial score (nSPS) is 9.20. The first-order valence-electron chi connectivity index (χ1n) is 3.76. The lowest BCUT2D eigenvalue weighted by Crippen LogP contribution is -1.98. The van der Waals surface area contributed by atoms with E-state index in [1.165, 1.54) is 0 Å². The van der Waals surface area contributed by atoms with Crippen LogP contribution in [-0.4, -0.2) is 5.78 Å². The Morgan fingerprint density at radius 2 is 1.70 bits per heavy atom. The van der Waals surface area contributed by atoms with E-state index in [2.05, 4.69) is 6.92 Å². The van der Waals surface area contributed by atoms with Gasteiger partial charge < -0.3 is 0 Å². The molecular weight excluding hydrogens is 124 g/mol. The summed E-state index contributed by atoms with van der Waals surface area (Å²) in [5.41, 5.74) is 2.16. The fraction of sp³-hybridized carbons (Fsp3) is 0.667. The summed E-state index contributed by atoms with van der Waals surface area (Å²) in [6.07, 6.45) is 1.98. The maximum atomic E-state index is 10.9. The number of allylic oxidation sites excluding steroid dienone is 2. The molecule has 1 nitrogen and oxygen atoms in total. The Bertz CT molecular complexity index is 150. The first-order chi connectivity index (χ1) is 4.59. The summed E-state index contributed by atoms with van der Waals surface area (Å²) in [6, 6.07) is 0. The van der Waals surface area contributed by atoms with Crippen LogP contribution >= 0.6 is 0 Å². The molecule has 0 aromatic heterocycles. The van der Waals surface area contributed by atoms with Crippen molar-refractivity contribution in [3.63, 3.8) is 0 Å². The molecule has 0 aromatic carbocycles. The summed E-state index contributed by atoms with van der Waals surface area (Å²) in [7, 11) is 0. The molecule has 0 radical (unpaired) electrons. The third-order valence-corrected chi connectivity index (χ3v) is 1.53. The quantitative estimate of drug-likeness (QED) is 0.551. The highest BCUT2D eigenvalue weighted by Crippen LogP contribution is 2.10. The summed E-state index contributed by atoms with van der Waals surface area (Å²) < 4.78 is 0. The Morgan fingerprint density at radius 3 is 1.80 bits per heavy atom. The van der Waals surface area contributed by atoms with Crippen molar-refractivity contribution in [3.05, 3.63) is 11.1 Å². The van der Waals surface area contributed by atoms with E-state index >= 15 is 0 Å². The number of hydrogen-bond donors (Lipinski definition) is 0. The Hall–Kier alpha value is -0.590. The Labute approximate surface area is 63.1 Å². The maximum absolute atomic E-state index is 10.9. The summed E-state index contributed by atoms with van der Waals surface area (Å²) in [5.74, 6) is 0.224. The highest BCUT2D eigenvalue weighted by molar-refractivity contribution is 5.93. The first kappa shape index (κ1) is 9.41. The second-order valence-electron chi connectivity index (χ2n) is 2.78. The van der Waals surface area contributed by atoms with Crippen molar-refractivity contribution in [3.8, 4) is 0 Å². The number of rotatable bonds is 3.